The highest BCUT2D eigenvalue weighted by atomic mass is 16.6. The summed E-state index contributed by atoms with van der Waals surface area (Å²) in [7, 11) is 0. The molecule has 1 atom stereocenters. The molecule has 0 radical (unpaired) electrons. The van der Waals surface area contributed by atoms with E-state index in [-0.39, 0.29) is 0 Å². The molecule has 1 N–H and O–H groups in total. The first-order chi connectivity index (χ1) is 6.77. The van der Waals surface area contributed by atoms with Crippen LogP contribution < -0.4 is 0 Å². The molecule has 0 spiro atoms. The van der Waals surface area contributed by atoms with Gasteiger partial charge in [-0.25, -0.2) is 0 Å². The van der Waals surface area contributed by atoms with Crippen LogP contribution >= 0.6 is 0 Å². The second-order valence-corrected chi connectivity index (χ2v) is 2.21. The van der Waals surface area contributed by atoms with Crippen LogP contribution in [0.25, 0.3) is 0 Å². The number of rotatable bonds is 2. The van der Waals surface area contributed by atoms with Crippen molar-refractivity contribution < 1.29 is 9.84 Å². The lowest BCUT2D eigenvalue weighted by atomic mass is 10.4. The zero-order valence-electron chi connectivity index (χ0n) is 9.60. The molecular formula is C12H22O2. The molecule has 1 rings (SSSR count). The van der Waals surface area contributed by atoms with Crippen molar-refractivity contribution in [2.24, 2.45) is 0 Å². The monoisotopic (exact) mass is 198 g/mol. The van der Waals surface area contributed by atoms with Crippen LogP contribution in [0.4, 0.5) is 0 Å². The molecule has 0 aliphatic carbocycles. The Morgan fingerprint density at radius 3 is 1.36 bits per heavy atom. The van der Waals surface area contributed by atoms with E-state index in [1.54, 1.807) is 6.92 Å². The molecule has 0 bridgehead atoms. The number of hydrogen-bond donors (Lipinski definition) is 1. The number of ether oxygens (including phenoxy) is 1. The lowest BCUT2D eigenvalue weighted by molar-refractivity contribution is -0.0800. The first-order valence-corrected chi connectivity index (χ1v) is 5.07. The van der Waals surface area contributed by atoms with Gasteiger partial charge >= 0.3 is 0 Å². The SMILES string of the molecule is CC.CCOC(C)O.c1ccccc1. The molecule has 0 amide bonds. The van der Waals surface area contributed by atoms with Gasteiger partial charge in [0.05, 0.1) is 0 Å². The molecule has 2 heteroatoms. The van der Waals surface area contributed by atoms with Crippen LogP contribution in [0.1, 0.15) is 27.7 Å². The van der Waals surface area contributed by atoms with E-state index in [2.05, 4.69) is 4.74 Å². The summed E-state index contributed by atoms with van der Waals surface area (Å²) >= 11 is 0. The van der Waals surface area contributed by atoms with Crippen molar-refractivity contribution in [3.8, 4) is 0 Å². The highest BCUT2D eigenvalue weighted by Crippen LogP contribution is 1.80. The molecule has 14 heavy (non-hydrogen) atoms. The van der Waals surface area contributed by atoms with Crippen LogP contribution in [0.3, 0.4) is 0 Å². The highest BCUT2D eigenvalue weighted by molar-refractivity contribution is 4.99. The zero-order valence-corrected chi connectivity index (χ0v) is 9.60. The molecule has 0 aromatic heterocycles. The van der Waals surface area contributed by atoms with Crippen LogP contribution in [0.5, 0.6) is 0 Å². The Bertz CT molecular complexity index is 135. The van der Waals surface area contributed by atoms with Crippen molar-refractivity contribution in [1.82, 2.24) is 0 Å². The van der Waals surface area contributed by atoms with Crippen molar-refractivity contribution in [3.05, 3.63) is 36.4 Å². The van der Waals surface area contributed by atoms with Crippen LogP contribution in [0, 0.1) is 0 Å². The molecule has 1 aromatic carbocycles. The van der Waals surface area contributed by atoms with E-state index >= 15 is 0 Å². The van der Waals surface area contributed by atoms with Crippen molar-refractivity contribution in [2.45, 2.75) is 34.0 Å². The third-order valence-electron chi connectivity index (χ3n) is 1.07. The summed E-state index contributed by atoms with van der Waals surface area (Å²) in [6.07, 6.45) is -0.602. The lowest BCUT2D eigenvalue weighted by Gasteiger charge is -1.99. The van der Waals surface area contributed by atoms with Crippen molar-refractivity contribution >= 4 is 0 Å². The average molecular weight is 198 g/mol. The molecular weight excluding hydrogens is 176 g/mol. The Morgan fingerprint density at radius 2 is 1.29 bits per heavy atom. The van der Waals surface area contributed by atoms with E-state index in [1.165, 1.54) is 0 Å². The standard InChI is InChI=1S/C6H6.C4H10O2.C2H6/c1-2-4-6-5-3-1;1-3-6-4(2)5;1-2/h1-6H;4-5H,3H2,1-2H3;1-2H3. The lowest BCUT2D eigenvalue weighted by Crippen LogP contribution is -2.04. The van der Waals surface area contributed by atoms with Gasteiger partial charge in [-0.2, -0.15) is 0 Å². The van der Waals surface area contributed by atoms with Crippen LogP contribution in [0.15, 0.2) is 36.4 Å². The Hall–Kier alpha value is -0.860. The summed E-state index contributed by atoms with van der Waals surface area (Å²) in [5.74, 6) is 0. The van der Waals surface area contributed by atoms with Crippen LogP contribution in [-0.4, -0.2) is 18.0 Å². The molecule has 0 fully saturated rings. The molecule has 1 unspecified atom stereocenters. The Morgan fingerprint density at radius 1 is 1.00 bits per heavy atom. The minimum absolute atomic E-state index is 0.581. The second kappa shape index (κ2) is 14.7. The molecule has 0 saturated carbocycles. The summed E-state index contributed by atoms with van der Waals surface area (Å²) in [6, 6.07) is 12.0. The summed E-state index contributed by atoms with van der Waals surface area (Å²) in [5, 5.41) is 8.33. The van der Waals surface area contributed by atoms with Crippen LogP contribution in [0.2, 0.25) is 0 Å². The summed E-state index contributed by atoms with van der Waals surface area (Å²) in [6.45, 7) is 8.01. The van der Waals surface area contributed by atoms with Crippen molar-refractivity contribution in [1.29, 1.82) is 0 Å². The third-order valence-corrected chi connectivity index (χ3v) is 1.07. The average Bonchev–Trinajstić information content (AvgIpc) is 2.24. The van der Waals surface area contributed by atoms with Gasteiger partial charge < -0.3 is 9.84 Å². The topological polar surface area (TPSA) is 29.5 Å². The molecule has 1 aromatic rings. The first-order valence-electron chi connectivity index (χ1n) is 5.07. The fraction of sp³-hybridized carbons (Fsp3) is 0.500. The number of hydrogen-bond acceptors (Lipinski definition) is 2. The van der Waals surface area contributed by atoms with E-state index in [4.69, 9.17) is 5.11 Å². The number of benzene rings is 1. The molecule has 0 aliphatic rings. The Labute approximate surface area is 87.5 Å². The van der Waals surface area contributed by atoms with Crippen molar-refractivity contribution in [3.63, 3.8) is 0 Å². The summed E-state index contributed by atoms with van der Waals surface area (Å²) in [4.78, 5) is 0. The van der Waals surface area contributed by atoms with E-state index in [1.807, 2.05) is 57.2 Å². The molecule has 0 aliphatic heterocycles. The Kier molecular flexibility index (Phi) is 16.3. The van der Waals surface area contributed by atoms with Gasteiger partial charge in [-0.05, 0) is 13.8 Å². The van der Waals surface area contributed by atoms with Crippen molar-refractivity contribution in [2.75, 3.05) is 6.61 Å². The molecule has 82 valence electrons. The Balaban J connectivity index is 0. The fourth-order valence-electron chi connectivity index (χ4n) is 0.626. The predicted molar refractivity (Wildman–Crippen MR) is 61.1 cm³/mol. The second-order valence-electron chi connectivity index (χ2n) is 2.21. The van der Waals surface area contributed by atoms with Gasteiger partial charge in [0.25, 0.3) is 0 Å². The maximum absolute atomic E-state index is 8.33. The van der Waals surface area contributed by atoms with Gasteiger partial charge in [-0.1, -0.05) is 50.2 Å². The first kappa shape index (κ1) is 15.6. The van der Waals surface area contributed by atoms with E-state index in [0.29, 0.717) is 6.61 Å². The predicted octanol–water partition coefficient (Wildman–Crippen LogP) is 3.07. The smallest absolute Gasteiger partial charge is 0.151 e. The van der Waals surface area contributed by atoms with Gasteiger partial charge in [0.15, 0.2) is 6.29 Å². The maximum atomic E-state index is 8.33. The summed E-state index contributed by atoms with van der Waals surface area (Å²) in [5.41, 5.74) is 0. The molecule has 0 saturated heterocycles. The van der Waals surface area contributed by atoms with Gasteiger partial charge in [-0.15, -0.1) is 0 Å². The van der Waals surface area contributed by atoms with Gasteiger partial charge in [0.2, 0.25) is 0 Å². The summed E-state index contributed by atoms with van der Waals surface area (Å²) < 4.78 is 4.60. The minimum atomic E-state index is -0.602. The van der Waals surface area contributed by atoms with E-state index in [0.717, 1.165) is 0 Å². The third kappa shape index (κ3) is 17.3. The fourth-order valence-corrected chi connectivity index (χ4v) is 0.626. The highest BCUT2D eigenvalue weighted by Gasteiger charge is 1.85. The quantitative estimate of drug-likeness (QED) is 0.740. The largest absolute Gasteiger partial charge is 0.368 e. The molecule has 2 nitrogen and oxygen atoms in total. The van der Waals surface area contributed by atoms with E-state index in [9.17, 15) is 0 Å². The van der Waals surface area contributed by atoms with Gasteiger partial charge in [-0.3, -0.25) is 0 Å². The normalized spacial score (nSPS) is 10.1. The van der Waals surface area contributed by atoms with Gasteiger partial charge in [0.1, 0.15) is 0 Å². The van der Waals surface area contributed by atoms with E-state index < -0.39 is 6.29 Å². The zero-order chi connectivity index (χ0) is 11.2. The number of aliphatic hydroxyl groups is 1. The molecule has 0 heterocycles. The minimum Gasteiger partial charge on any atom is -0.368 e. The van der Waals surface area contributed by atoms with Gasteiger partial charge in [0, 0.05) is 6.61 Å². The maximum Gasteiger partial charge on any atom is 0.151 e. The van der Waals surface area contributed by atoms with Crippen LogP contribution in [-0.2, 0) is 4.74 Å². The number of aliphatic hydroxyl groups excluding tert-OH is 1.